The van der Waals surface area contributed by atoms with Gasteiger partial charge < -0.3 is 35.7 Å². The molecule has 0 bridgehead atoms. The topological polar surface area (TPSA) is 208 Å². The number of benzene rings is 1. The molecule has 2 heterocycles. The van der Waals surface area contributed by atoms with Crippen LogP contribution in [0, 0.1) is 0 Å². The van der Waals surface area contributed by atoms with E-state index in [1.54, 1.807) is 36.4 Å². The summed E-state index contributed by atoms with van der Waals surface area (Å²) in [6.07, 6.45) is -11.1. The summed E-state index contributed by atoms with van der Waals surface area (Å²) in [7, 11) is 1.25. The van der Waals surface area contributed by atoms with Crippen LogP contribution < -0.4 is 26.6 Å². The predicted molar refractivity (Wildman–Crippen MR) is 153 cm³/mol. The van der Waals surface area contributed by atoms with Gasteiger partial charge in [-0.05, 0) is 11.1 Å². The Balaban J connectivity index is 0.000000748. The van der Waals surface area contributed by atoms with Crippen molar-refractivity contribution in [1.29, 1.82) is 0 Å². The zero-order valence-corrected chi connectivity index (χ0v) is 25.8. The lowest BCUT2D eigenvalue weighted by Gasteiger charge is -2.16. The van der Waals surface area contributed by atoms with Crippen molar-refractivity contribution in [3.8, 4) is 0 Å². The fraction of sp³-hybridized carbons (Fsp3) is 0.296. The number of carboxylic acids is 2. The van der Waals surface area contributed by atoms with Crippen LogP contribution in [-0.4, -0.2) is 69.5 Å². The van der Waals surface area contributed by atoms with E-state index in [1.165, 1.54) is 19.4 Å². The number of aliphatic carboxylic acids is 2. The Morgan fingerprint density at radius 2 is 1.56 bits per heavy atom. The Hall–Kier alpha value is -5.54. The van der Waals surface area contributed by atoms with Gasteiger partial charge >= 0.3 is 24.4 Å². The second-order valence-electron chi connectivity index (χ2n) is 9.07. The van der Waals surface area contributed by atoms with Crippen LogP contribution in [0.15, 0.2) is 59.7 Å². The molecule has 50 heavy (non-hydrogen) atoms. The van der Waals surface area contributed by atoms with Gasteiger partial charge in [0.1, 0.15) is 29.6 Å². The highest BCUT2D eigenvalue weighted by Crippen LogP contribution is 2.22. The summed E-state index contributed by atoms with van der Waals surface area (Å²) in [4.78, 5) is 61.0. The van der Waals surface area contributed by atoms with Crippen molar-refractivity contribution < 1.29 is 69.3 Å². The summed E-state index contributed by atoms with van der Waals surface area (Å²) in [5.74, 6) is -6.69. The van der Waals surface area contributed by atoms with E-state index < -0.39 is 60.9 Å². The molecular formula is C27H25ClF8N6O8. The van der Waals surface area contributed by atoms with E-state index in [4.69, 9.17) is 31.4 Å². The molecule has 3 rings (SSSR count). The largest absolute Gasteiger partial charge is 0.542 e. The minimum atomic E-state index is -5.19. The van der Waals surface area contributed by atoms with Gasteiger partial charge in [0.25, 0.3) is 12.0 Å². The second-order valence-corrected chi connectivity index (χ2v) is 9.46. The summed E-state index contributed by atoms with van der Waals surface area (Å²) >= 11 is 6.08. The zero-order valence-electron chi connectivity index (χ0n) is 25.1. The lowest BCUT2D eigenvalue weighted by Crippen LogP contribution is -2.37. The third-order valence-electron chi connectivity index (χ3n) is 5.60. The quantitative estimate of drug-likeness (QED) is 0.151. The van der Waals surface area contributed by atoms with Crippen LogP contribution in [0.1, 0.15) is 22.9 Å². The SMILES string of the molecule is COC(=O)NCc1ccccc1CNC(=O)Cn1c(Cl)cnc(NC([c+]2cccc[nH]2)C(F)F)c1=O.O=C(O)C(F)(F)F.O=C([O-])C(F)(F)F. The first-order valence-corrected chi connectivity index (χ1v) is 13.6. The average Bonchev–Trinajstić information content (AvgIpc) is 3.04. The molecule has 5 N–H and O–H groups in total. The molecule has 0 aliphatic carbocycles. The van der Waals surface area contributed by atoms with Gasteiger partial charge in [-0.1, -0.05) is 35.9 Å². The number of anilines is 1. The first-order valence-electron chi connectivity index (χ1n) is 13.2. The number of carbonyl (C=O) groups is 4. The standard InChI is InChI=1S/C23H23ClF2N6O4.2C2HF3O2/c1-36-23(35)30-11-15-7-3-2-6-14(15)10-28-18(33)13-32-17(24)12-29-21(22(32)34)31-19(20(25)26)16-8-4-5-9-27-16;2*3-2(4,5)1(6)7/h2-9,12,19-20,27H,10-11,13H2,1H3,(H2-,28,29,30,31,33,35);2*(H,6,7). The summed E-state index contributed by atoms with van der Waals surface area (Å²) in [6.45, 7) is -0.167. The van der Waals surface area contributed by atoms with Crippen LogP contribution in [0.5, 0.6) is 0 Å². The molecule has 274 valence electrons. The van der Waals surface area contributed by atoms with Gasteiger partial charge in [0, 0.05) is 19.2 Å². The molecule has 0 aliphatic heterocycles. The van der Waals surface area contributed by atoms with E-state index >= 15 is 0 Å². The Bertz CT molecular complexity index is 1640. The smallest absolute Gasteiger partial charge is 0.490 e. The van der Waals surface area contributed by atoms with Crippen molar-refractivity contribution in [1.82, 2.24) is 25.2 Å². The van der Waals surface area contributed by atoms with Gasteiger partial charge in [0.05, 0.1) is 25.4 Å². The highest BCUT2D eigenvalue weighted by Gasteiger charge is 2.38. The Labute approximate surface area is 280 Å². The highest BCUT2D eigenvalue weighted by molar-refractivity contribution is 6.29. The van der Waals surface area contributed by atoms with Crippen molar-refractivity contribution in [2.45, 2.75) is 44.5 Å². The minimum absolute atomic E-state index is 0.109. The number of carbonyl (C=O) groups excluding carboxylic acids is 3. The molecule has 0 aliphatic rings. The molecule has 23 heteroatoms. The monoisotopic (exact) mass is 748 g/mol. The summed E-state index contributed by atoms with van der Waals surface area (Å²) in [6, 6.07) is 10.2. The highest BCUT2D eigenvalue weighted by atomic mass is 35.5. The number of rotatable bonds is 10. The minimum Gasteiger partial charge on any atom is -0.542 e. The number of aromatic nitrogens is 3. The number of halogens is 9. The maximum absolute atomic E-state index is 13.7. The lowest BCUT2D eigenvalue weighted by molar-refractivity contribution is -0.344. The summed E-state index contributed by atoms with van der Waals surface area (Å²) < 4.78 is 96.1. The number of ether oxygens (including phenoxy) is 1. The number of alkyl carbamates (subject to hydrolysis) is 1. The number of carboxylic acid groups (broad SMARTS) is 2. The Kier molecular flexibility index (Phi) is 16.5. The van der Waals surface area contributed by atoms with Crippen molar-refractivity contribution in [3.63, 3.8) is 0 Å². The van der Waals surface area contributed by atoms with E-state index in [-0.39, 0.29) is 29.8 Å². The molecule has 0 spiro atoms. The number of nitrogens with one attached hydrogen (secondary N) is 4. The van der Waals surface area contributed by atoms with Crippen LogP contribution >= 0.6 is 11.6 Å². The number of pyridine rings is 1. The van der Waals surface area contributed by atoms with Crippen molar-refractivity contribution in [3.05, 3.63) is 87.2 Å². The van der Waals surface area contributed by atoms with Crippen molar-refractivity contribution >= 4 is 41.4 Å². The average molecular weight is 749 g/mol. The van der Waals surface area contributed by atoms with E-state index in [9.17, 15) is 49.5 Å². The Morgan fingerprint density at radius 3 is 2.00 bits per heavy atom. The van der Waals surface area contributed by atoms with E-state index in [0.29, 0.717) is 0 Å². The zero-order chi connectivity index (χ0) is 38.2. The molecular weight excluding hydrogens is 724 g/mol. The van der Waals surface area contributed by atoms with Gasteiger partial charge in [-0.3, -0.25) is 19.1 Å². The van der Waals surface area contributed by atoms with E-state index in [2.05, 4.69) is 30.7 Å². The third-order valence-corrected chi connectivity index (χ3v) is 5.90. The fourth-order valence-corrected chi connectivity index (χ4v) is 3.46. The predicted octanol–water partition coefficient (Wildman–Crippen LogP) is 3.03. The number of alkyl halides is 8. The number of nitrogens with zero attached hydrogens (tertiary/aromatic N) is 2. The van der Waals surface area contributed by atoms with Crippen LogP contribution in [0.25, 0.3) is 0 Å². The summed E-state index contributed by atoms with van der Waals surface area (Å²) in [5.41, 5.74) is 0.802. The maximum Gasteiger partial charge on any atom is 0.490 e. The van der Waals surface area contributed by atoms with Gasteiger partial charge in [-0.2, -0.15) is 26.3 Å². The normalized spacial score (nSPS) is 11.5. The molecule has 0 saturated heterocycles. The fourth-order valence-electron chi connectivity index (χ4n) is 3.27. The number of hydrogen-bond donors (Lipinski definition) is 5. The van der Waals surface area contributed by atoms with Crippen molar-refractivity contribution in [2.75, 3.05) is 12.4 Å². The van der Waals surface area contributed by atoms with Gasteiger partial charge in [0.2, 0.25) is 5.91 Å². The molecule has 2 aromatic heterocycles. The van der Waals surface area contributed by atoms with Crippen molar-refractivity contribution in [2.24, 2.45) is 0 Å². The van der Waals surface area contributed by atoms with Gasteiger partial charge in [0.15, 0.2) is 11.9 Å². The number of hydrogen-bond acceptors (Lipinski definition) is 9. The number of aromatic amines is 1. The molecule has 1 unspecified atom stereocenters. The molecule has 1 atom stereocenters. The lowest BCUT2D eigenvalue weighted by atomic mass is 10.1. The van der Waals surface area contributed by atoms with E-state index in [0.717, 1.165) is 21.9 Å². The molecule has 1 aromatic carbocycles. The molecule has 14 nitrogen and oxygen atoms in total. The van der Waals surface area contributed by atoms with Crippen LogP contribution in [0.3, 0.4) is 0 Å². The van der Waals surface area contributed by atoms with Gasteiger partial charge in [-0.15, -0.1) is 0 Å². The summed E-state index contributed by atoms with van der Waals surface area (Å²) in [5, 5.41) is 23.5. The molecule has 0 fully saturated rings. The van der Waals surface area contributed by atoms with Crippen LogP contribution in [0.4, 0.5) is 45.7 Å². The third kappa shape index (κ3) is 14.7. The second kappa shape index (κ2) is 19.5. The first kappa shape index (κ1) is 42.5. The van der Waals surface area contributed by atoms with Gasteiger partial charge in [-0.25, -0.2) is 23.4 Å². The van der Waals surface area contributed by atoms with E-state index in [1.807, 2.05) is 0 Å². The molecule has 3 aromatic rings. The Morgan fingerprint density at radius 1 is 1.02 bits per heavy atom. The maximum atomic E-state index is 13.7. The van der Waals surface area contributed by atoms with Crippen LogP contribution in [-0.2, 0) is 38.8 Å². The number of H-pyrrole nitrogens is 1. The first-order chi connectivity index (χ1) is 23.2. The number of amides is 2. The number of methoxy groups -OCH3 is 1. The van der Waals surface area contributed by atoms with Crippen LogP contribution in [0.2, 0.25) is 5.15 Å². The molecule has 0 radical (unpaired) electrons. The molecule has 0 saturated carbocycles. The molecule has 2 amide bonds.